The molecule has 0 aromatic rings. The van der Waals surface area contributed by atoms with E-state index in [1.54, 1.807) is 7.11 Å². The van der Waals surface area contributed by atoms with E-state index in [1.807, 2.05) is 20.8 Å². The van der Waals surface area contributed by atoms with Gasteiger partial charge in [0.1, 0.15) is 5.60 Å². The summed E-state index contributed by atoms with van der Waals surface area (Å²) in [7, 11) is 1.67. The minimum atomic E-state index is -0.209. The molecule has 0 heterocycles. The molecule has 92 valence electrons. The summed E-state index contributed by atoms with van der Waals surface area (Å²) in [6.07, 6.45) is 2.24. The quantitative estimate of drug-likeness (QED) is 0.705. The van der Waals surface area contributed by atoms with Gasteiger partial charge in [0.15, 0.2) is 5.88 Å². The van der Waals surface area contributed by atoms with Gasteiger partial charge in [0.2, 0.25) is 0 Å². The van der Waals surface area contributed by atoms with Crippen LogP contribution in [0.15, 0.2) is 24.8 Å². The summed E-state index contributed by atoms with van der Waals surface area (Å²) in [5.74, 6) is 1.46. The van der Waals surface area contributed by atoms with Crippen LogP contribution in [0.1, 0.15) is 33.6 Å². The lowest BCUT2D eigenvalue weighted by Crippen LogP contribution is -2.30. The molecule has 1 rings (SSSR count). The summed E-state index contributed by atoms with van der Waals surface area (Å²) in [4.78, 5) is 0. The van der Waals surface area contributed by atoms with Crippen molar-refractivity contribution in [3.8, 4) is 0 Å². The van der Waals surface area contributed by atoms with Crippen LogP contribution in [0, 0.1) is 5.41 Å². The smallest absolute Gasteiger partial charge is 0.179 e. The molecule has 0 aliphatic heterocycles. The third-order valence-electron chi connectivity index (χ3n) is 2.74. The highest BCUT2D eigenvalue weighted by molar-refractivity contribution is 5.15. The highest BCUT2D eigenvalue weighted by Gasteiger charge is 2.46. The lowest BCUT2D eigenvalue weighted by atomic mass is 10.1. The lowest BCUT2D eigenvalue weighted by Gasteiger charge is -2.25. The fourth-order valence-electron chi connectivity index (χ4n) is 1.60. The summed E-state index contributed by atoms with van der Waals surface area (Å²) >= 11 is 0. The van der Waals surface area contributed by atoms with Crippen LogP contribution in [0.2, 0.25) is 0 Å². The zero-order chi connectivity index (χ0) is 12.4. The summed E-state index contributed by atoms with van der Waals surface area (Å²) in [5.41, 5.74) is -0.113. The second kappa shape index (κ2) is 4.40. The van der Waals surface area contributed by atoms with Crippen molar-refractivity contribution in [3.63, 3.8) is 0 Å². The maximum Gasteiger partial charge on any atom is 0.179 e. The third-order valence-corrected chi connectivity index (χ3v) is 2.74. The number of nitrogens with one attached hydrogen (secondary N) is 1. The van der Waals surface area contributed by atoms with E-state index in [4.69, 9.17) is 9.47 Å². The van der Waals surface area contributed by atoms with Crippen LogP contribution in [0.25, 0.3) is 0 Å². The number of ether oxygens (including phenoxy) is 2. The second-order valence-corrected chi connectivity index (χ2v) is 5.40. The van der Waals surface area contributed by atoms with E-state index in [0.29, 0.717) is 5.88 Å². The number of hydrogen-bond donors (Lipinski definition) is 1. The van der Waals surface area contributed by atoms with Gasteiger partial charge in [-0.2, -0.15) is 0 Å². The van der Waals surface area contributed by atoms with E-state index in [1.165, 1.54) is 0 Å². The second-order valence-electron chi connectivity index (χ2n) is 5.40. The van der Waals surface area contributed by atoms with Gasteiger partial charge in [-0.15, -0.1) is 0 Å². The summed E-state index contributed by atoms with van der Waals surface area (Å²) in [6.45, 7) is 14.6. The molecule has 1 fully saturated rings. The molecule has 0 amide bonds. The molecule has 0 saturated heterocycles. The minimum Gasteiger partial charge on any atom is -0.501 e. The van der Waals surface area contributed by atoms with Crippen LogP contribution in [-0.2, 0) is 9.47 Å². The molecular weight excluding hydrogens is 202 g/mol. The summed E-state index contributed by atoms with van der Waals surface area (Å²) in [6, 6.07) is 0. The van der Waals surface area contributed by atoms with E-state index in [0.717, 1.165) is 25.1 Å². The van der Waals surface area contributed by atoms with Crippen LogP contribution in [0.5, 0.6) is 0 Å². The van der Waals surface area contributed by atoms with Gasteiger partial charge < -0.3 is 14.8 Å². The first kappa shape index (κ1) is 12.9. The van der Waals surface area contributed by atoms with E-state index in [-0.39, 0.29) is 11.0 Å². The molecule has 0 atom stereocenters. The molecule has 1 aliphatic carbocycles. The van der Waals surface area contributed by atoms with Gasteiger partial charge in [0.05, 0.1) is 12.9 Å². The Morgan fingerprint density at radius 3 is 2.25 bits per heavy atom. The van der Waals surface area contributed by atoms with Crippen LogP contribution in [0.3, 0.4) is 0 Å². The van der Waals surface area contributed by atoms with Crippen molar-refractivity contribution in [2.24, 2.45) is 5.41 Å². The molecule has 1 aliphatic rings. The molecule has 3 nitrogen and oxygen atoms in total. The van der Waals surface area contributed by atoms with Crippen molar-refractivity contribution in [2.45, 2.75) is 39.2 Å². The normalized spacial score (nSPS) is 17.5. The third kappa shape index (κ3) is 3.47. The molecule has 0 radical (unpaired) electrons. The highest BCUT2D eigenvalue weighted by atomic mass is 16.5. The van der Waals surface area contributed by atoms with E-state index < -0.39 is 0 Å². The van der Waals surface area contributed by atoms with Crippen molar-refractivity contribution >= 4 is 0 Å². The van der Waals surface area contributed by atoms with Crippen molar-refractivity contribution in [1.82, 2.24) is 5.32 Å². The van der Waals surface area contributed by atoms with Crippen molar-refractivity contribution in [3.05, 3.63) is 24.8 Å². The molecule has 3 heteroatoms. The predicted octanol–water partition coefficient (Wildman–Crippen LogP) is 2.80. The highest BCUT2D eigenvalue weighted by Crippen LogP contribution is 2.51. The fourth-order valence-corrected chi connectivity index (χ4v) is 1.60. The molecule has 0 unspecified atom stereocenters. The number of methoxy groups -OCH3 is 1. The molecular formula is C13H23NO2. The van der Waals surface area contributed by atoms with Gasteiger partial charge in [-0.1, -0.05) is 6.58 Å². The number of hydrogen-bond acceptors (Lipinski definition) is 3. The standard InChI is InChI=1S/C13H23NO2/c1-10(15-6)13(7-8-13)9-14-11(2)16-12(3,4)5/h14H,1-2,7-9H2,3-6H3. The van der Waals surface area contributed by atoms with Crippen LogP contribution >= 0.6 is 0 Å². The Hall–Kier alpha value is -1.12. The molecule has 0 aromatic carbocycles. The first-order valence-electron chi connectivity index (χ1n) is 5.64. The molecule has 0 bridgehead atoms. The Morgan fingerprint density at radius 2 is 1.88 bits per heavy atom. The van der Waals surface area contributed by atoms with Gasteiger partial charge in [0.25, 0.3) is 0 Å². The Morgan fingerprint density at radius 1 is 1.31 bits per heavy atom. The molecule has 0 spiro atoms. The topological polar surface area (TPSA) is 30.5 Å². The van der Waals surface area contributed by atoms with Gasteiger partial charge in [0, 0.05) is 12.0 Å². The minimum absolute atomic E-state index is 0.0962. The van der Waals surface area contributed by atoms with E-state index in [9.17, 15) is 0 Å². The first-order chi connectivity index (χ1) is 7.29. The van der Waals surface area contributed by atoms with Gasteiger partial charge >= 0.3 is 0 Å². The van der Waals surface area contributed by atoms with Crippen LogP contribution in [0.4, 0.5) is 0 Å². The van der Waals surface area contributed by atoms with Gasteiger partial charge in [-0.25, -0.2) is 0 Å². The largest absolute Gasteiger partial charge is 0.501 e. The maximum atomic E-state index is 5.60. The molecule has 0 aromatic heterocycles. The average Bonchev–Trinajstić information content (AvgIpc) is 2.92. The predicted molar refractivity (Wildman–Crippen MR) is 65.8 cm³/mol. The van der Waals surface area contributed by atoms with E-state index in [2.05, 4.69) is 18.5 Å². The Labute approximate surface area is 98.5 Å². The zero-order valence-electron chi connectivity index (χ0n) is 10.9. The van der Waals surface area contributed by atoms with Crippen molar-refractivity contribution in [1.29, 1.82) is 0 Å². The Balaban J connectivity index is 2.35. The van der Waals surface area contributed by atoms with Crippen LogP contribution in [-0.4, -0.2) is 19.3 Å². The average molecular weight is 225 g/mol. The van der Waals surface area contributed by atoms with Crippen molar-refractivity contribution < 1.29 is 9.47 Å². The molecule has 16 heavy (non-hydrogen) atoms. The SMILES string of the molecule is C=C(NCC1(C(=C)OC)CC1)OC(C)(C)C. The zero-order valence-corrected chi connectivity index (χ0v) is 10.9. The number of rotatable bonds is 6. The fraction of sp³-hybridized carbons (Fsp3) is 0.692. The van der Waals surface area contributed by atoms with Gasteiger partial charge in [-0.05, 0) is 40.2 Å². The van der Waals surface area contributed by atoms with E-state index >= 15 is 0 Å². The Bertz CT molecular complexity index is 285. The lowest BCUT2D eigenvalue weighted by molar-refractivity contribution is 0.0398. The first-order valence-corrected chi connectivity index (χ1v) is 5.64. The van der Waals surface area contributed by atoms with Crippen LogP contribution < -0.4 is 5.32 Å². The van der Waals surface area contributed by atoms with Gasteiger partial charge in [-0.3, -0.25) is 0 Å². The van der Waals surface area contributed by atoms with Crippen molar-refractivity contribution in [2.75, 3.05) is 13.7 Å². The molecule has 1 N–H and O–H groups in total. The summed E-state index contributed by atoms with van der Waals surface area (Å²) < 4.78 is 10.8. The molecule has 1 saturated carbocycles. The maximum absolute atomic E-state index is 5.60. The Kier molecular flexibility index (Phi) is 3.56. The monoisotopic (exact) mass is 225 g/mol. The summed E-state index contributed by atoms with van der Waals surface area (Å²) in [5, 5.41) is 3.20.